The summed E-state index contributed by atoms with van der Waals surface area (Å²) in [6.07, 6.45) is 0. The number of hydrogen-bond donors (Lipinski definition) is 1. The van der Waals surface area contributed by atoms with Crippen molar-refractivity contribution in [2.24, 2.45) is 0 Å². The molecule has 0 aliphatic heterocycles. The van der Waals surface area contributed by atoms with Gasteiger partial charge in [0.15, 0.2) is 0 Å². The third-order valence-electron chi connectivity index (χ3n) is 2.11. The Balaban J connectivity index is 2.37. The summed E-state index contributed by atoms with van der Waals surface area (Å²) in [5.74, 6) is 1.54. The van der Waals surface area contributed by atoms with E-state index in [1.54, 1.807) is 11.3 Å². The van der Waals surface area contributed by atoms with Crippen LogP contribution in [0.15, 0.2) is 10.6 Å². The molecule has 0 unspecified atom stereocenters. The van der Waals surface area contributed by atoms with Crippen molar-refractivity contribution in [1.82, 2.24) is 10.1 Å². The van der Waals surface area contributed by atoms with E-state index in [0.29, 0.717) is 11.7 Å². The fraction of sp³-hybridized carbons (Fsp3) is 0.400. The highest BCUT2D eigenvalue weighted by Crippen LogP contribution is 2.31. The minimum atomic E-state index is 0.254. The van der Waals surface area contributed by atoms with Crippen molar-refractivity contribution in [3.8, 4) is 10.7 Å². The average molecular weight is 223 g/mol. The van der Waals surface area contributed by atoms with Crippen LogP contribution in [0.2, 0.25) is 0 Å². The second-order valence-corrected chi connectivity index (χ2v) is 4.99. The Bertz CT molecular complexity index is 453. The molecule has 0 aliphatic rings. The molecule has 0 aliphatic carbocycles. The van der Waals surface area contributed by atoms with E-state index in [1.807, 2.05) is 26.8 Å². The molecule has 4 nitrogen and oxygen atoms in total. The molecule has 0 saturated carbocycles. The first-order valence-corrected chi connectivity index (χ1v) is 5.59. The first-order valence-electron chi connectivity index (χ1n) is 4.78. The van der Waals surface area contributed by atoms with Crippen molar-refractivity contribution in [1.29, 1.82) is 0 Å². The largest absolute Gasteiger partial charge is 0.398 e. The Morgan fingerprint density at radius 1 is 1.47 bits per heavy atom. The van der Waals surface area contributed by atoms with Crippen molar-refractivity contribution in [3.05, 3.63) is 16.8 Å². The molecule has 2 aromatic heterocycles. The fourth-order valence-corrected chi connectivity index (χ4v) is 2.04. The van der Waals surface area contributed by atoms with Crippen molar-refractivity contribution < 1.29 is 4.52 Å². The molecular formula is C10H13N3OS. The summed E-state index contributed by atoms with van der Waals surface area (Å²) in [6, 6.07) is 1.88. The number of nitrogen functional groups attached to an aromatic ring is 1. The van der Waals surface area contributed by atoms with Gasteiger partial charge in [0.05, 0.1) is 4.88 Å². The SMILES string of the molecule is Cc1sc(-c2noc(C(C)C)n2)cc1N. The minimum Gasteiger partial charge on any atom is -0.398 e. The normalized spacial score (nSPS) is 11.2. The standard InChI is InChI=1S/C10H13N3OS/c1-5(2)10-12-9(13-14-10)8-4-7(11)6(3)15-8/h4-5H,11H2,1-3H3. The van der Waals surface area contributed by atoms with E-state index >= 15 is 0 Å². The lowest BCUT2D eigenvalue weighted by atomic mass is 10.2. The molecule has 0 spiro atoms. The van der Waals surface area contributed by atoms with Crippen LogP contribution in [0.3, 0.4) is 0 Å². The van der Waals surface area contributed by atoms with Gasteiger partial charge >= 0.3 is 0 Å². The van der Waals surface area contributed by atoms with E-state index in [1.165, 1.54) is 0 Å². The van der Waals surface area contributed by atoms with E-state index in [0.717, 1.165) is 15.4 Å². The van der Waals surface area contributed by atoms with Crippen LogP contribution in [-0.2, 0) is 0 Å². The number of anilines is 1. The molecule has 2 heterocycles. The molecule has 15 heavy (non-hydrogen) atoms. The molecule has 0 aromatic carbocycles. The molecule has 80 valence electrons. The van der Waals surface area contributed by atoms with Gasteiger partial charge in [0.2, 0.25) is 11.7 Å². The van der Waals surface area contributed by atoms with E-state index in [9.17, 15) is 0 Å². The third kappa shape index (κ3) is 1.87. The molecule has 2 rings (SSSR count). The lowest BCUT2D eigenvalue weighted by molar-refractivity contribution is 0.366. The van der Waals surface area contributed by atoms with Crippen molar-refractivity contribution >= 4 is 17.0 Å². The van der Waals surface area contributed by atoms with Gasteiger partial charge in [0.25, 0.3) is 0 Å². The van der Waals surface area contributed by atoms with Gasteiger partial charge in [0, 0.05) is 16.5 Å². The molecule has 0 fully saturated rings. The Kier molecular flexibility index (Phi) is 2.48. The molecule has 5 heteroatoms. The minimum absolute atomic E-state index is 0.254. The number of aromatic nitrogens is 2. The molecule has 0 radical (unpaired) electrons. The maximum atomic E-state index is 5.77. The van der Waals surface area contributed by atoms with Crippen molar-refractivity contribution in [2.75, 3.05) is 5.73 Å². The first-order chi connectivity index (χ1) is 7.08. The van der Waals surface area contributed by atoms with Crippen LogP contribution in [-0.4, -0.2) is 10.1 Å². The smallest absolute Gasteiger partial charge is 0.229 e. The second-order valence-electron chi connectivity index (χ2n) is 3.73. The third-order valence-corrected chi connectivity index (χ3v) is 3.17. The summed E-state index contributed by atoms with van der Waals surface area (Å²) >= 11 is 1.58. The van der Waals surface area contributed by atoms with E-state index < -0.39 is 0 Å². The highest BCUT2D eigenvalue weighted by Gasteiger charge is 2.13. The molecule has 0 saturated heterocycles. The molecule has 0 bridgehead atoms. The van der Waals surface area contributed by atoms with Gasteiger partial charge in [-0.2, -0.15) is 4.98 Å². The van der Waals surface area contributed by atoms with Crippen LogP contribution in [0.4, 0.5) is 5.69 Å². The van der Waals surface area contributed by atoms with Gasteiger partial charge in [-0.05, 0) is 13.0 Å². The van der Waals surface area contributed by atoms with Crippen LogP contribution in [0.25, 0.3) is 10.7 Å². The molecule has 2 N–H and O–H groups in total. The van der Waals surface area contributed by atoms with Crippen LogP contribution >= 0.6 is 11.3 Å². The zero-order valence-electron chi connectivity index (χ0n) is 8.94. The molecule has 0 atom stereocenters. The Morgan fingerprint density at radius 3 is 2.67 bits per heavy atom. The van der Waals surface area contributed by atoms with Gasteiger partial charge in [-0.1, -0.05) is 19.0 Å². The van der Waals surface area contributed by atoms with Crippen LogP contribution < -0.4 is 5.73 Å². The van der Waals surface area contributed by atoms with Gasteiger partial charge in [0.1, 0.15) is 0 Å². The van der Waals surface area contributed by atoms with Gasteiger partial charge in [-0.15, -0.1) is 11.3 Å². The van der Waals surface area contributed by atoms with Crippen LogP contribution in [0.1, 0.15) is 30.5 Å². The highest BCUT2D eigenvalue weighted by molar-refractivity contribution is 7.15. The van der Waals surface area contributed by atoms with Crippen LogP contribution in [0, 0.1) is 6.92 Å². The Labute approximate surface area is 92.1 Å². The molecular weight excluding hydrogens is 210 g/mol. The van der Waals surface area contributed by atoms with Gasteiger partial charge in [-0.3, -0.25) is 0 Å². The van der Waals surface area contributed by atoms with E-state index in [2.05, 4.69) is 10.1 Å². The summed E-state index contributed by atoms with van der Waals surface area (Å²) in [5.41, 5.74) is 6.55. The topological polar surface area (TPSA) is 64.9 Å². The zero-order valence-corrected chi connectivity index (χ0v) is 9.76. The lowest BCUT2D eigenvalue weighted by Crippen LogP contribution is -1.85. The number of aryl methyl sites for hydroxylation is 1. The van der Waals surface area contributed by atoms with Crippen molar-refractivity contribution in [2.45, 2.75) is 26.7 Å². The zero-order chi connectivity index (χ0) is 11.0. The number of rotatable bonds is 2. The van der Waals surface area contributed by atoms with Crippen LogP contribution in [0.5, 0.6) is 0 Å². The predicted octanol–water partition coefficient (Wildman–Crippen LogP) is 2.81. The first kappa shape index (κ1) is 10.2. The number of nitrogens with two attached hydrogens (primary N) is 1. The maximum Gasteiger partial charge on any atom is 0.229 e. The van der Waals surface area contributed by atoms with E-state index in [-0.39, 0.29) is 5.92 Å². The number of nitrogens with zero attached hydrogens (tertiary/aromatic N) is 2. The number of thiophene rings is 1. The summed E-state index contributed by atoms with van der Waals surface area (Å²) in [5, 5.41) is 3.93. The highest BCUT2D eigenvalue weighted by atomic mass is 32.1. The predicted molar refractivity (Wildman–Crippen MR) is 60.8 cm³/mol. The quantitative estimate of drug-likeness (QED) is 0.850. The van der Waals surface area contributed by atoms with Gasteiger partial charge < -0.3 is 10.3 Å². The second kappa shape index (κ2) is 3.66. The summed E-state index contributed by atoms with van der Waals surface area (Å²) in [6.45, 7) is 6.02. The monoisotopic (exact) mass is 223 g/mol. The lowest BCUT2D eigenvalue weighted by Gasteiger charge is -1.91. The summed E-state index contributed by atoms with van der Waals surface area (Å²) in [7, 11) is 0. The summed E-state index contributed by atoms with van der Waals surface area (Å²) < 4.78 is 5.13. The molecule has 0 amide bonds. The van der Waals surface area contributed by atoms with E-state index in [4.69, 9.17) is 10.3 Å². The number of hydrogen-bond acceptors (Lipinski definition) is 5. The Hall–Kier alpha value is -1.36. The summed E-state index contributed by atoms with van der Waals surface area (Å²) in [4.78, 5) is 6.35. The maximum absolute atomic E-state index is 5.77. The Morgan fingerprint density at radius 2 is 2.20 bits per heavy atom. The molecule has 2 aromatic rings. The van der Waals surface area contributed by atoms with Crippen molar-refractivity contribution in [3.63, 3.8) is 0 Å². The van der Waals surface area contributed by atoms with Gasteiger partial charge in [-0.25, -0.2) is 0 Å². The fourth-order valence-electron chi connectivity index (χ4n) is 1.18. The average Bonchev–Trinajstić information content (AvgIpc) is 2.74.